The standard InChI is InChI=1S/C16H14N4O4/c1-17-12-8-7-10(9-13(12)20(21)22)16-18-15(19-24-16)11-5-3-4-6-14(11)23-2/h3-9,17H,1-2H3. The minimum atomic E-state index is -0.465. The van der Waals surface area contributed by atoms with E-state index in [0.717, 1.165) is 0 Å². The van der Waals surface area contributed by atoms with Crippen LogP contribution in [0.2, 0.25) is 0 Å². The van der Waals surface area contributed by atoms with E-state index < -0.39 is 4.92 Å². The number of benzene rings is 2. The second-order valence-corrected chi connectivity index (χ2v) is 4.86. The number of nitrogens with one attached hydrogen (secondary N) is 1. The largest absolute Gasteiger partial charge is 0.496 e. The summed E-state index contributed by atoms with van der Waals surface area (Å²) in [4.78, 5) is 15.0. The predicted molar refractivity (Wildman–Crippen MR) is 87.9 cm³/mol. The van der Waals surface area contributed by atoms with Crippen LogP contribution in [0.3, 0.4) is 0 Å². The number of aromatic nitrogens is 2. The number of nitro benzene ring substituents is 1. The van der Waals surface area contributed by atoms with Gasteiger partial charge in [0.15, 0.2) is 0 Å². The Bertz CT molecular complexity index is 891. The first-order chi connectivity index (χ1) is 11.6. The van der Waals surface area contributed by atoms with Crippen LogP contribution in [0.4, 0.5) is 11.4 Å². The molecule has 24 heavy (non-hydrogen) atoms. The van der Waals surface area contributed by atoms with E-state index in [4.69, 9.17) is 9.26 Å². The van der Waals surface area contributed by atoms with Crippen molar-refractivity contribution in [2.24, 2.45) is 0 Å². The monoisotopic (exact) mass is 326 g/mol. The van der Waals surface area contributed by atoms with Gasteiger partial charge < -0.3 is 14.6 Å². The lowest BCUT2D eigenvalue weighted by atomic mass is 10.1. The minimum absolute atomic E-state index is 0.0629. The molecule has 0 saturated carbocycles. The van der Waals surface area contributed by atoms with Gasteiger partial charge >= 0.3 is 0 Å². The summed E-state index contributed by atoms with van der Waals surface area (Å²) >= 11 is 0. The van der Waals surface area contributed by atoms with Crippen LogP contribution in [0.5, 0.6) is 5.75 Å². The second kappa shape index (κ2) is 6.37. The summed E-state index contributed by atoms with van der Waals surface area (Å²) in [5.41, 5.74) is 1.49. The highest BCUT2D eigenvalue weighted by Crippen LogP contribution is 2.32. The molecule has 0 radical (unpaired) electrons. The van der Waals surface area contributed by atoms with E-state index in [-0.39, 0.29) is 11.6 Å². The van der Waals surface area contributed by atoms with Gasteiger partial charge in [-0.05, 0) is 24.3 Å². The molecule has 0 bridgehead atoms. The Morgan fingerprint density at radius 3 is 2.75 bits per heavy atom. The third-order valence-electron chi connectivity index (χ3n) is 3.48. The maximum Gasteiger partial charge on any atom is 0.293 e. The Morgan fingerprint density at radius 1 is 1.25 bits per heavy atom. The number of nitro groups is 1. The first-order valence-corrected chi connectivity index (χ1v) is 7.07. The molecule has 1 N–H and O–H groups in total. The molecule has 0 aliphatic rings. The molecule has 0 aliphatic carbocycles. The molecule has 8 heteroatoms. The third-order valence-corrected chi connectivity index (χ3v) is 3.48. The number of hydrogen-bond acceptors (Lipinski definition) is 7. The summed E-state index contributed by atoms with van der Waals surface area (Å²) < 4.78 is 10.5. The fraction of sp³-hybridized carbons (Fsp3) is 0.125. The van der Waals surface area contributed by atoms with E-state index in [0.29, 0.717) is 28.4 Å². The van der Waals surface area contributed by atoms with Crippen LogP contribution in [0.1, 0.15) is 0 Å². The Morgan fingerprint density at radius 2 is 2.04 bits per heavy atom. The second-order valence-electron chi connectivity index (χ2n) is 4.86. The fourth-order valence-corrected chi connectivity index (χ4v) is 2.31. The Balaban J connectivity index is 2.02. The quantitative estimate of drug-likeness (QED) is 0.566. The molecule has 3 aromatic rings. The first kappa shape index (κ1) is 15.5. The maximum atomic E-state index is 11.2. The summed E-state index contributed by atoms with van der Waals surface area (Å²) in [6.45, 7) is 0. The van der Waals surface area contributed by atoms with E-state index in [1.54, 1.807) is 38.4 Å². The van der Waals surface area contributed by atoms with Crippen LogP contribution >= 0.6 is 0 Å². The van der Waals surface area contributed by atoms with Crippen molar-refractivity contribution >= 4 is 11.4 Å². The average Bonchev–Trinajstić information content (AvgIpc) is 3.11. The highest BCUT2D eigenvalue weighted by molar-refractivity contribution is 5.71. The third kappa shape index (κ3) is 2.76. The molecular formula is C16H14N4O4. The van der Waals surface area contributed by atoms with Gasteiger partial charge in [-0.3, -0.25) is 10.1 Å². The number of para-hydroxylation sites is 1. The van der Waals surface area contributed by atoms with Crippen molar-refractivity contribution in [3.05, 3.63) is 52.6 Å². The molecule has 0 spiro atoms. The van der Waals surface area contributed by atoms with Gasteiger partial charge in [-0.15, -0.1) is 0 Å². The Labute approximate surface area is 137 Å². The van der Waals surface area contributed by atoms with Crippen molar-refractivity contribution in [3.63, 3.8) is 0 Å². The van der Waals surface area contributed by atoms with E-state index in [1.165, 1.54) is 6.07 Å². The van der Waals surface area contributed by atoms with Crippen molar-refractivity contribution in [2.75, 3.05) is 19.5 Å². The van der Waals surface area contributed by atoms with Crippen molar-refractivity contribution in [1.29, 1.82) is 0 Å². The van der Waals surface area contributed by atoms with Crippen LogP contribution in [0.15, 0.2) is 47.0 Å². The molecule has 0 atom stereocenters. The minimum Gasteiger partial charge on any atom is -0.496 e. The van der Waals surface area contributed by atoms with Gasteiger partial charge in [-0.1, -0.05) is 17.3 Å². The number of ether oxygens (including phenoxy) is 1. The lowest BCUT2D eigenvalue weighted by molar-refractivity contribution is -0.383. The van der Waals surface area contributed by atoms with Crippen LogP contribution < -0.4 is 10.1 Å². The Kier molecular flexibility index (Phi) is 4.11. The van der Waals surface area contributed by atoms with Gasteiger partial charge in [0.25, 0.3) is 11.6 Å². The normalized spacial score (nSPS) is 10.4. The number of rotatable bonds is 5. The zero-order valence-electron chi connectivity index (χ0n) is 13.0. The molecule has 122 valence electrons. The molecule has 0 fully saturated rings. The smallest absolute Gasteiger partial charge is 0.293 e. The fourth-order valence-electron chi connectivity index (χ4n) is 2.31. The van der Waals surface area contributed by atoms with Gasteiger partial charge in [0.2, 0.25) is 5.82 Å². The number of anilines is 1. The maximum absolute atomic E-state index is 11.2. The zero-order valence-corrected chi connectivity index (χ0v) is 13.0. The molecule has 1 heterocycles. The van der Waals surface area contributed by atoms with Gasteiger partial charge in [-0.2, -0.15) is 4.98 Å². The molecule has 0 saturated heterocycles. The first-order valence-electron chi connectivity index (χ1n) is 7.07. The van der Waals surface area contributed by atoms with Gasteiger partial charge in [0.1, 0.15) is 11.4 Å². The van der Waals surface area contributed by atoms with Crippen molar-refractivity contribution in [1.82, 2.24) is 10.1 Å². The summed E-state index contributed by atoms with van der Waals surface area (Å²) in [6.07, 6.45) is 0. The Hall–Kier alpha value is -3.42. The number of methoxy groups -OCH3 is 1. The molecule has 1 aromatic heterocycles. The molecule has 0 aliphatic heterocycles. The lowest BCUT2D eigenvalue weighted by Crippen LogP contribution is -1.96. The van der Waals surface area contributed by atoms with Crippen LogP contribution in [-0.4, -0.2) is 29.2 Å². The summed E-state index contributed by atoms with van der Waals surface area (Å²) in [6, 6.07) is 11.9. The average molecular weight is 326 g/mol. The highest BCUT2D eigenvalue weighted by atomic mass is 16.6. The highest BCUT2D eigenvalue weighted by Gasteiger charge is 2.18. The molecule has 0 unspecified atom stereocenters. The summed E-state index contributed by atoms with van der Waals surface area (Å²) in [5.74, 6) is 1.16. The van der Waals surface area contributed by atoms with E-state index in [2.05, 4.69) is 15.5 Å². The molecule has 3 rings (SSSR count). The molecule has 2 aromatic carbocycles. The molecule has 0 amide bonds. The number of hydrogen-bond donors (Lipinski definition) is 1. The topological polar surface area (TPSA) is 103 Å². The van der Waals surface area contributed by atoms with Crippen LogP contribution in [0.25, 0.3) is 22.8 Å². The van der Waals surface area contributed by atoms with Gasteiger partial charge in [0.05, 0.1) is 17.6 Å². The van der Waals surface area contributed by atoms with Crippen molar-refractivity contribution in [3.8, 4) is 28.6 Å². The number of nitrogens with zero attached hydrogens (tertiary/aromatic N) is 3. The van der Waals surface area contributed by atoms with E-state index in [9.17, 15) is 10.1 Å². The van der Waals surface area contributed by atoms with Crippen molar-refractivity contribution < 1.29 is 14.2 Å². The SMILES string of the molecule is CNc1ccc(-c2nc(-c3ccccc3OC)no2)cc1[N+](=O)[O-]. The van der Waals surface area contributed by atoms with Crippen LogP contribution in [-0.2, 0) is 0 Å². The summed E-state index contributed by atoms with van der Waals surface area (Å²) in [7, 11) is 3.17. The van der Waals surface area contributed by atoms with Crippen LogP contribution in [0, 0.1) is 10.1 Å². The molecular weight excluding hydrogens is 312 g/mol. The lowest BCUT2D eigenvalue weighted by Gasteiger charge is -2.03. The zero-order chi connectivity index (χ0) is 17.1. The predicted octanol–water partition coefficient (Wildman–Crippen LogP) is 3.36. The van der Waals surface area contributed by atoms with Gasteiger partial charge in [-0.25, -0.2) is 0 Å². The van der Waals surface area contributed by atoms with Gasteiger partial charge in [0, 0.05) is 18.7 Å². The summed E-state index contributed by atoms with van der Waals surface area (Å²) in [5, 5.41) is 17.9. The van der Waals surface area contributed by atoms with E-state index in [1.807, 2.05) is 12.1 Å². The van der Waals surface area contributed by atoms with Crippen molar-refractivity contribution in [2.45, 2.75) is 0 Å². The van der Waals surface area contributed by atoms with E-state index >= 15 is 0 Å². The molecule has 8 nitrogen and oxygen atoms in total.